The molecule has 0 spiro atoms. The maximum Gasteiger partial charge on any atom is 0.243 e. The summed E-state index contributed by atoms with van der Waals surface area (Å²) in [6, 6.07) is -2.05. The summed E-state index contributed by atoms with van der Waals surface area (Å²) >= 11 is 0. The van der Waals surface area contributed by atoms with Gasteiger partial charge in [0.2, 0.25) is 29.5 Å². The lowest BCUT2D eigenvalue weighted by Crippen LogP contribution is -2.52. The number of amides is 5. The van der Waals surface area contributed by atoms with Gasteiger partial charge in [0.25, 0.3) is 0 Å². The zero-order chi connectivity index (χ0) is 28.7. The molecule has 3 atom stereocenters. The molecule has 0 aliphatic heterocycles. The molecule has 0 aromatic rings. The highest BCUT2D eigenvalue weighted by Gasteiger charge is 2.26. The summed E-state index contributed by atoms with van der Waals surface area (Å²) < 4.78 is 0. The highest BCUT2D eigenvalue weighted by Crippen LogP contribution is 2.10. The van der Waals surface area contributed by atoms with E-state index in [0.717, 1.165) is 20.8 Å². The first-order valence-corrected chi connectivity index (χ1v) is 12.2. The van der Waals surface area contributed by atoms with Crippen molar-refractivity contribution in [2.75, 3.05) is 19.6 Å². The second-order valence-electron chi connectivity index (χ2n) is 8.95. The number of hydrogen-bond donors (Lipinski definition) is 3. The van der Waals surface area contributed by atoms with Crippen molar-refractivity contribution in [2.45, 2.75) is 85.2 Å². The molecule has 14 heteroatoms. The van der Waals surface area contributed by atoms with Crippen LogP contribution in [0.3, 0.4) is 0 Å². The number of carbonyl (C=O) groups excluding carboxylic acids is 6. The third-order valence-electron chi connectivity index (χ3n) is 5.67. The lowest BCUT2D eigenvalue weighted by Gasteiger charge is -2.28. The monoisotopic (exact) mass is 529 g/mol. The van der Waals surface area contributed by atoms with Crippen LogP contribution in [0.5, 0.6) is 0 Å². The summed E-state index contributed by atoms with van der Waals surface area (Å²) in [5.41, 5.74) is 0. The SMILES string of the molecule is CC(=O)C(CCCN([O-])C(C)=O)NC(=O)C(CCCN(O)C(C)=O)NC(=O)C(C)CCCN([O-])C(C)=O. The quantitative estimate of drug-likeness (QED) is 0.176. The molecule has 0 saturated heterocycles. The number of hydroxylamine groups is 6. The normalized spacial score (nSPS) is 13.1. The molecule has 0 aromatic carbocycles. The molecule has 0 heterocycles. The van der Waals surface area contributed by atoms with E-state index in [1.54, 1.807) is 6.92 Å². The fourth-order valence-corrected chi connectivity index (χ4v) is 3.26. The van der Waals surface area contributed by atoms with E-state index in [0.29, 0.717) is 10.1 Å². The van der Waals surface area contributed by atoms with Gasteiger partial charge in [0, 0.05) is 46.3 Å². The lowest BCUT2D eigenvalue weighted by atomic mass is 10.0. The molecule has 37 heavy (non-hydrogen) atoms. The van der Waals surface area contributed by atoms with Gasteiger partial charge in [-0.05, 0) is 45.4 Å². The van der Waals surface area contributed by atoms with E-state index in [1.807, 2.05) is 0 Å². The molecule has 0 aromatic heterocycles. The van der Waals surface area contributed by atoms with Gasteiger partial charge >= 0.3 is 0 Å². The molecule has 3 unspecified atom stereocenters. The average Bonchev–Trinajstić information content (AvgIpc) is 2.81. The lowest BCUT2D eigenvalue weighted by molar-refractivity contribution is -0.163. The summed E-state index contributed by atoms with van der Waals surface area (Å²) in [7, 11) is 0. The number of hydrogen-bond acceptors (Lipinski definition) is 9. The Balaban J connectivity index is 5.22. The minimum atomic E-state index is -1.10. The topological polar surface area (TPSA) is 203 Å². The van der Waals surface area contributed by atoms with Crippen molar-refractivity contribution in [1.82, 2.24) is 25.8 Å². The molecular weight excluding hydrogens is 490 g/mol. The number of ketones is 1. The van der Waals surface area contributed by atoms with E-state index in [9.17, 15) is 44.4 Å². The van der Waals surface area contributed by atoms with Gasteiger partial charge in [-0.15, -0.1) is 0 Å². The molecular formula is C23H39N5O9-2. The number of nitrogens with one attached hydrogen (secondary N) is 2. The third-order valence-corrected chi connectivity index (χ3v) is 5.67. The van der Waals surface area contributed by atoms with Crippen LogP contribution in [0.2, 0.25) is 0 Å². The summed E-state index contributed by atoms with van der Waals surface area (Å²) in [5.74, 6) is -4.03. The first-order chi connectivity index (χ1) is 17.2. The molecule has 0 saturated carbocycles. The van der Waals surface area contributed by atoms with E-state index in [2.05, 4.69) is 10.6 Å². The van der Waals surface area contributed by atoms with Crippen molar-refractivity contribution in [2.24, 2.45) is 5.92 Å². The summed E-state index contributed by atoms with van der Waals surface area (Å²) in [6.07, 6.45) is 1.00. The van der Waals surface area contributed by atoms with E-state index in [1.165, 1.54) is 6.92 Å². The summed E-state index contributed by atoms with van der Waals surface area (Å²) in [4.78, 5) is 71.0. The number of nitrogens with zero attached hydrogens (tertiary/aromatic N) is 3. The molecule has 0 radical (unpaired) electrons. The van der Waals surface area contributed by atoms with E-state index in [4.69, 9.17) is 0 Å². The van der Waals surface area contributed by atoms with E-state index in [-0.39, 0.29) is 69.0 Å². The standard InChI is InChI=1S/C23H39N5O9/c1-15(9-6-12-26(35)17(3)30)22(33)25-21(11-8-14-28(37)19(5)32)23(34)24-20(16(2)29)10-7-13-27(36)18(4)31/h15,20-21,37H,6-14H2,1-5H3,(H,24,34)(H,25,33)/q-2. The molecule has 0 aliphatic carbocycles. The van der Waals surface area contributed by atoms with Gasteiger partial charge in [0.1, 0.15) is 6.04 Å². The zero-order valence-electron chi connectivity index (χ0n) is 22.2. The van der Waals surface area contributed by atoms with Gasteiger partial charge in [0.05, 0.1) is 6.04 Å². The second kappa shape index (κ2) is 17.4. The van der Waals surface area contributed by atoms with Gasteiger partial charge in [-0.25, -0.2) is 5.06 Å². The minimum absolute atomic E-state index is 0.0383. The van der Waals surface area contributed by atoms with Crippen molar-refractivity contribution in [3.63, 3.8) is 0 Å². The Morgan fingerprint density at radius 2 is 1.11 bits per heavy atom. The van der Waals surface area contributed by atoms with Crippen molar-refractivity contribution < 1.29 is 34.0 Å². The van der Waals surface area contributed by atoms with Crippen LogP contribution in [0.25, 0.3) is 0 Å². The number of rotatable bonds is 17. The van der Waals surface area contributed by atoms with Crippen LogP contribution in [-0.2, 0) is 28.8 Å². The molecule has 0 fully saturated rings. The average molecular weight is 530 g/mol. The molecule has 0 aliphatic rings. The smallest absolute Gasteiger partial charge is 0.243 e. The zero-order valence-corrected chi connectivity index (χ0v) is 22.2. The van der Waals surface area contributed by atoms with Crippen LogP contribution in [0, 0.1) is 16.3 Å². The largest absolute Gasteiger partial charge is 0.756 e. The number of Topliss-reactive ketones (excluding diaryl/α,β-unsaturated/α-hetero) is 1. The predicted octanol–water partition coefficient (Wildman–Crippen LogP) is 0.452. The predicted molar refractivity (Wildman–Crippen MR) is 132 cm³/mol. The fraction of sp³-hybridized carbons (Fsp3) is 0.739. The minimum Gasteiger partial charge on any atom is -0.756 e. The van der Waals surface area contributed by atoms with Crippen molar-refractivity contribution in [3.8, 4) is 0 Å². The van der Waals surface area contributed by atoms with Crippen molar-refractivity contribution in [3.05, 3.63) is 10.4 Å². The Morgan fingerprint density at radius 1 is 0.676 bits per heavy atom. The molecule has 0 bridgehead atoms. The molecule has 5 amide bonds. The highest BCUT2D eigenvalue weighted by molar-refractivity contribution is 5.92. The Bertz CT molecular complexity index is 807. The molecule has 0 rings (SSSR count). The van der Waals surface area contributed by atoms with Gasteiger partial charge in [-0.1, -0.05) is 6.92 Å². The third kappa shape index (κ3) is 14.3. The van der Waals surface area contributed by atoms with E-state index < -0.39 is 47.5 Å². The van der Waals surface area contributed by atoms with Crippen LogP contribution in [0.1, 0.15) is 73.1 Å². The van der Waals surface area contributed by atoms with Crippen molar-refractivity contribution >= 4 is 35.3 Å². The van der Waals surface area contributed by atoms with Gasteiger partial charge in [0.15, 0.2) is 5.78 Å². The Labute approximate surface area is 216 Å². The van der Waals surface area contributed by atoms with Gasteiger partial charge < -0.3 is 31.2 Å². The van der Waals surface area contributed by atoms with Crippen LogP contribution < -0.4 is 10.6 Å². The van der Waals surface area contributed by atoms with E-state index >= 15 is 0 Å². The Morgan fingerprint density at radius 3 is 1.57 bits per heavy atom. The molecule has 212 valence electrons. The summed E-state index contributed by atoms with van der Waals surface area (Å²) in [5, 5.41) is 38.6. The summed E-state index contributed by atoms with van der Waals surface area (Å²) in [6.45, 7) is 5.97. The second-order valence-corrected chi connectivity index (χ2v) is 8.95. The van der Waals surface area contributed by atoms with Gasteiger partial charge in [-0.2, -0.15) is 0 Å². The number of carbonyl (C=O) groups is 6. The van der Waals surface area contributed by atoms with Gasteiger partial charge in [-0.3, -0.25) is 34.0 Å². The van der Waals surface area contributed by atoms with Crippen LogP contribution >= 0.6 is 0 Å². The van der Waals surface area contributed by atoms with Crippen LogP contribution in [0.4, 0.5) is 0 Å². The molecule has 3 N–H and O–H groups in total. The van der Waals surface area contributed by atoms with Crippen molar-refractivity contribution in [1.29, 1.82) is 0 Å². The molecule has 14 nitrogen and oxygen atoms in total. The first kappa shape index (κ1) is 33.9. The maximum absolute atomic E-state index is 13.0. The Hall–Kier alpha value is -3.10. The maximum atomic E-state index is 13.0. The van der Waals surface area contributed by atoms with Crippen LogP contribution in [-0.4, -0.2) is 87.4 Å². The Kier molecular flexibility index (Phi) is 15.9. The first-order valence-electron chi connectivity index (χ1n) is 12.2. The fourth-order valence-electron chi connectivity index (χ4n) is 3.26. The van der Waals surface area contributed by atoms with Crippen LogP contribution in [0.15, 0.2) is 0 Å². The highest BCUT2D eigenvalue weighted by atomic mass is 16.5.